The highest BCUT2D eigenvalue weighted by Gasteiger charge is 2.15. The molecule has 2 aromatic carbocycles. The Morgan fingerprint density at radius 2 is 1.89 bits per heavy atom. The first kappa shape index (κ1) is 13.1. The van der Waals surface area contributed by atoms with Gasteiger partial charge < -0.3 is 5.11 Å². The molecule has 1 nitrogen and oxygen atoms in total. The van der Waals surface area contributed by atoms with Gasteiger partial charge in [0, 0.05) is 10.9 Å². The first-order valence-electron chi connectivity index (χ1n) is 5.80. The lowest BCUT2D eigenvalue weighted by atomic mass is 9.92. The topological polar surface area (TPSA) is 20.2 Å². The lowest BCUT2D eigenvalue weighted by Crippen LogP contribution is -2.09. The molecular formula is C15H14ClFO. The van der Waals surface area contributed by atoms with E-state index in [2.05, 4.69) is 0 Å². The molecule has 0 aliphatic carbocycles. The average Bonchev–Trinajstić information content (AvgIpc) is 2.37. The molecule has 0 spiro atoms. The molecule has 0 aliphatic heterocycles. The molecule has 0 saturated carbocycles. The molecule has 18 heavy (non-hydrogen) atoms. The summed E-state index contributed by atoms with van der Waals surface area (Å²) in [5, 5.41) is 10.1. The van der Waals surface area contributed by atoms with Gasteiger partial charge in [0.1, 0.15) is 5.82 Å². The molecule has 0 saturated heterocycles. The van der Waals surface area contributed by atoms with E-state index in [1.165, 1.54) is 6.07 Å². The van der Waals surface area contributed by atoms with Crippen molar-refractivity contribution in [3.63, 3.8) is 0 Å². The number of halogens is 2. The van der Waals surface area contributed by atoms with Gasteiger partial charge in [0.05, 0.1) is 6.61 Å². The standard InChI is InChI=1S/C15H14ClFO/c16-13-5-3-4-11(9-13)8-12(10-18)14-6-1-2-7-15(14)17/h1-7,9,12,18H,8,10H2. The molecule has 1 atom stereocenters. The Bertz CT molecular complexity index is 527. The van der Waals surface area contributed by atoms with E-state index in [-0.39, 0.29) is 18.3 Å². The Labute approximate surface area is 111 Å². The predicted octanol–water partition coefficient (Wildman–Crippen LogP) is 3.80. The summed E-state index contributed by atoms with van der Waals surface area (Å²) in [5.74, 6) is -0.525. The summed E-state index contributed by atoms with van der Waals surface area (Å²) in [5.41, 5.74) is 1.53. The van der Waals surface area contributed by atoms with Crippen LogP contribution >= 0.6 is 11.6 Å². The Morgan fingerprint density at radius 3 is 2.56 bits per heavy atom. The van der Waals surface area contributed by atoms with Gasteiger partial charge >= 0.3 is 0 Å². The fourth-order valence-corrected chi connectivity index (χ4v) is 2.24. The third-order valence-corrected chi connectivity index (χ3v) is 3.17. The third kappa shape index (κ3) is 3.09. The highest BCUT2D eigenvalue weighted by Crippen LogP contribution is 2.24. The van der Waals surface area contributed by atoms with Crippen LogP contribution in [0.2, 0.25) is 5.02 Å². The van der Waals surface area contributed by atoms with Crippen LogP contribution in [0.15, 0.2) is 48.5 Å². The quantitative estimate of drug-likeness (QED) is 0.891. The lowest BCUT2D eigenvalue weighted by Gasteiger charge is -2.15. The van der Waals surface area contributed by atoms with Crippen LogP contribution in [0.4, 0.5) is 4.39 Å². The summed E-state index contributed by atoms with van der Waals surface area (Å²) in [6.07, 6.45) is 0.567. The Hall–Kier alpha value is -1.38. The van der Waals surface area contributed by atoms with Gasteiger partial charge in [-0.25, -0.2) is 4.39 Å². The van der Waals surface area contributed by atoms with Crippen molar-refractivity contribution in [2.75, 3.05) is 6.61 Å². The molecule has 0 heterocycles. The summed E-state index contributed by atoms with van der Waals surface area (Å²) in [7, 11) is 0. The van der Waals surface area contributed by atoms with Crippen LogP contribution in [0, 0.1) is 5.82 Å². The molecule has 94 valence electrons. The van der Waals surface area contributed by atoms with Gasteiger partial charge in [0.2, 0.25) is 0 Å². The van der Waals surface area contributed by atoms with Gasteiger partial charge in [-0.1, -0.05) is 41.9 Å². The summed E-state index contributed by atoms with van der Waals surface area (Å²) in [6, 6.07) is 14.0. The predicted molar refractivity (Wildman–Crippen MR) is 71.4 cm³/mol. The smallest absolute Gasteiger partial charge is 0.126 e. The number of benzene rings is 2. The maximum atomic E-state index is 13.7. The molecule has 2 aromatic rings. The normalized spacial score (nSPS) is 12.4. The van der Waals surface area contributed by atoms with E-state index in [1.807, 2.05) is 18.2 Å². The molecule has 3 heteroatoms. The van der Waals surface area contributed by atoms with E-state index in [4.69, 9.17) is 11.6 Å². The van der Waals surface area contributed by atoms with Crippen LogP contribution in [-0.4, -0.2) is 11.7 Å². The summed E-state index contributed by atoms with van der Waals surface area (Å²) >= 11 is 5.91. The zero-order valence-corrected chi connectivity index (χ0v) is 10.6. The molecule has 0 aromatic heterocycles. The number of rotatable bonds is 4. The van der Waals surface area contributed by atoms with Crippen molar-refractivity contribution in [2.45, 2.75) is 12.3 Å². The van der Waals surface area contributed by atoms with Crippen LogP contribution in [0.3, 0.4) is 0 Å². The van der Waals surface area contributed by atoms with Crippen molar-refractivity contribution in [3.8, 4) is 0 Å². The van der Waals surface area contributed by atoms with Crippen molar-refractivity contribution >= 4 is 11.6 Å². The summed E-state index contributed by atoms with van der Waals surface area (Å²) < 4.78 is 13.7. The molecule has 1 N–H and O–H groups in total. The highest BCUT2D eigenvalue weighted by molar-refractivity contribution is 6.30. The minimum Gasteiger partial charge on any atom is -0.396 e. The average molecular weight is 265 g/mol. The van der Waals surface area contributed by atoms with E-state index >= 15 is 0 Å². The van der Waals surface area contributed by atoms with Crippen molar-refractivity contribution < 1.29 is 9.50 Å². The van der Waals surface area contributed by atoms with Gasteiger partial charge in [-0.05, 0) is 35.7 Å². The number of aliphatic hydroxyl groups excluding tert-OH is 1. The van der Waals surface area contributed by atoms with E-state index < -0.39 is 0 Å². The molecular weight excluding hydrogens is 251 g/mol. The zero-order valence-electron chi connectivity index (χ0n) is 9.81. The van der Waals surface area contributed by atoms with Crippen LogP contribution in [0.1, 0.15) is 17.0 Å². The van der Waals surface area contributed by atoms with E-state index in [1.54, 1.807) is 24.3 Å². The molecule has 1 unspecified atom stereocenters. The van der Waals surface area contributed by atoms with Gasteiger partial charge in [-0.3, -0.25) is 0 Å². The molecule has 2 rings (SSSR count). The maximum Gasteiger partial charge on any atom is 0.126 e. The monoisotopic (exact) mass is 264 g/mol. The van der Waals surface area contributed by atoms with Crippen LogP contribution in [-0.2, 0) is 6.42 Å². The number of hydrogen-bond acceptors (Lipinski definition) is 1. The van der Waals surface area contributed by atoms with Gasteiger partial charge in [-0.15, -0.1) is 0 Å². The number of aliphatic hydroxyl groups is 1. The molecule has 0 radical (unpaired) electrons. The Morgan fingerprint density at radius 1 is 1.11 bits per heavy atom. The first-order valence-corrected chi connectivity index (χ1v) is 6.18. The van der Waals surface area contributed by atoms with Crippen molar-refractivity contribution in [1.82, 2.24) is 0 Å². The second-order valence-electron chi connectivity index (χ2n) is 4.24. The van der Waals surface area contributed by atoms with E-state index in [0.29, 0.717) is 17.0 Å². The van der Waals surface area contributed by atoms with Crippen molar-refractivity contribution in [1.29, 1.82) is 0 Å². The molecule has 0 bridgehead atoms. The Balaban J connectivity index is 2.23. The minimum atomic E-state index is -0.279. The SMILES string of the molecule is OCC(Cc1cccc(Cl)c1)c1ccccc1F. The number of hydrogen-bond donors (Lipinski definition) is 1. The maximum absolute atomic E-state index is 13.7. The highest BCUT2D eigenvalue weighted by atomic mass is 35.5. The molecule has 0 fully saturated rings. The zero-order chi connectivity index (χ0) is 13.0. The lowest BCUT2D eigenvalue weighted by molar-refractivity contribution is 0.261. The third-order valence-electron chi connectivity index (χ3n) is 2.94. The van der Waals surface area contributed by atoms with Crippen molar-refractivity contribution in [2.24, 2.45) is 0 Å². The van der Waals surface area contributed by atoms with Crippen molar-refractivity contribution in [3.05, 3.63) is 70.5 Å². The summed E-state index contributed by atoms with van der Waals surface area (Å²) in [4.78, 5) is 0. The minimum absolute atomic E-state index is 0.0898. The molecule has 0 aliphatic rings. The largest absolute Gasteiger partial charge is 0.396 e. The van der Waals surface area contributed by atoms with E-state index in [0.717, 1.165) is 5.56 Å². The first-order chi connectivity index (χ1) is 8.70. The second kappa shape index (κ2) is 5.98. The van der Waals surface area contributed by atoms with Crippen LogP contribution in [0.5, 0.6) is 0 Å². The van der Waals surface area contributed by atoms with Gasteiger partial charge in [-0.2, -0.15) is 0 Å². The van der Waals surface area contributed by atoms with Crippen LogP contribution < -0.4 is 0 Å². The van der Waals surface area contributed by atoms with Crippen LogP contribution in [0.25, 0.3) is 0 Å². The fraction of sp³-hybridized carbons (Fsp3) is 0.200. The van der Waals surface area contributed by atoms with E-state index in [9.17, 15) is 9.50 Å². The summed E-state index contributed by atoms with van der Waals surface area (Å²) in [6.45, 7) is -0.0898. The molecule has 0 amide bonds. The van der Waals surface area contributed by atoms with Gasteiger partial charge in [0.15, 0.2) is 0 Å². The second-order valence-corrected chi connectivity index (χ2v) is 4.67. The van der Waals surface area contributed by atoms with Gasteiger partial charge in [0.25, 0.3) is 0 Å². The Kier molecular flexibility index (Phi) is 4.34. The fourth-order valence-electron chi connectivity index (χ4n) is 2.03.